The lowest BCUT2D eigenvalue weighted by Gasteiger charge is -2.39. The first kappa shape index (κ1) is 21.3. The third-order valence-electron chi connectivity index (χ3n) is 4.95. The lowest BCUT2D eigenvalue weighted by molar-refractivity contribution is 0.0256. The molecule has 1 aliphatic heterocycles. The Kier molecular flexibility index (Phi) is 7.62. The Morgan fingerprint density at radius 1 is 1.17 bits per heavy atom. The van der Waals surface area contributed by atoms with Crippen LogP contribution in [0.3, 0.4) is 0 Å². The summed E-state index contributed by atoms with van der Waals surface area (Å²) in [7, 11) is 3.26. The van der Waals surface area contributed by atoms with Crippen LogP contribution in [0.5, 0.6) is 11.5 Å². The van der Waals surface area contributed by atoms with E-state index < -0.39 is 5.60 Å². The summed E-state index contributed by atoms with van der Waals surface area (Å²) in [6.07, 6.45) is 5.10. The zero-order valence-corrected chi connectivity index (χ0v) is 17.1. The van der Waals surface area contributed by atoms with Crippen molar-refractivity contribution >= 4 is 5.95 Å². The van der Waals surface area contributed by atoms with Crippen LogP contribution >= 0.6 is 0 Å². The first-order chi connectivity index (χ1) is 14.1. The molecule has 1 aromatic carbocycles. The van der Waals surface area contributed by atoms with Gasteiger partial charge in [0.2, 0.25) is 5.95 Å². The zero-order chi connectivity index (χ0) is 20.5. The summed E-state index contributed by atoms with van der Waals surface area (Å²) in [5.41, 5.74) is 0.239. The number of piperidine rings is 1. The summed E-state index contributed by atoms with van der Waals surface area (Å²) in [5.74, 6) is 2.04. The molecule has 0 spiro atoms. The zero-order valence-electron chi connectivity index (χ0n) is 17.1. The summed E-state index contributed by atoms with van der Waals surface area (Å²) in [6, 6.07) is 7.63. The highest BCUT2D eigenvalue weighted by atomic mass is 16.5. The third-order valence-corrected chi connectivity index (χ3v) is 4.95. The lowest BCUT2D eigenvalue weighted by Crippen LogP contribution is -2.53. The second-order valence-electron chi connectivity index (χ2n) is 7.23. The van der Waals surface area contributed by atoms with Gasteiger partial charge in [-0.2, -0.15) is 0 Å². The quantitative estimate of drug-likeness (QED) is 0.580. The van der Waals surface area contributed by atoms with Crippen molar-refractivity contribution in [2.75, 3.05) is 52.0 Å². The highest BCUT2D eigenvalue weighted by Gasteiger charge is 2.33. The van der Waals surface area contributed by atoms with Gasteiger partial charge < -0.3 is 29.5 Å². The molecule has 3 rings (SSSR count). The van der Waals surface area contributed by atoms with Crippen LogP contribution in [-0.2, 0) is 11.3 Å². The smallest absolute Gasteiger partial charge is 0.225 e. The third kappa shape index (κ3) is 6.03. The van der Waals surface area contributed by atoms with Crippen molar-refractivity contribution in [1.82, 2.24) is 15.3 Å². The van der Waals surface area contributed by atoms with Crippen LogP contribution in [0.15, 0.2) is 36.7 Å². The number of rotatable bonds is 10. The number of benzene rings is 1. The van der Waals surface area contributed by atoms with E-state index in [-0.39, 0.29) is 0 Å². The fraction of sp³-hybridized carbons (Fsp3) is 0.524. The average molecular weight is 402 g/mol. The number of anilines is 1. The van der Waals surface area contributed by atoms with Crippen molar-refractivity contribution in [3.8, 4) is 11.5 Å². The first-order valence-corrected chi connectivity index (χ1v) is 9.87. The average Bonchev–Trinajstić information content (AvgIpc) is 2.75. The number of hydrogen-bond acceptors (Lipinski definition) is 8. The molecule has 1 aliphatic rings. The van der Waals surface area contributed by atoms with E-state index in [0.29, 0.717) is 50.3 Å². The number of aromatic nitrogens is 2. The fourth-order valence-corrected chi connectivity index (χ4v) is 3.50. The van der Waals surface area contributed by atoms with E-state index in [1.54, 1.807) is 32.7 Å². The molecule has 8 nitrogen and oxygen atoms in total. The number of ether oxygens (including phenoxy) is 3. The first-order valence-electron chi connectivity index (χ1n) is 9.87. The molecule has 0 aliphatic carbocycles. The monoisotopic (exact) mass is 402 g/mol. The van der Waals surface area contributed by atoms with Crippen LogP contribution in [-0.4, -0.2) is 67.7 Å². The van der Waals surface area contributed by atoms with Crippen molar-refractivity contribution in [1.29, 1.82) is 0 Å². The normalized spacial score (nSPS) is 19.2. The van der Waals surface area contributed by atoms with Crippen molar-refractivity contribution in [2.24, 2.45) is 0 Å². The molecule has 1 atom stereocenters. The van der Waals surface area contributed by atoms with E-state index in [1.165, 1.54) is 0 Å². The maximum absolute atomic E-state index is 11.0. The van der Waals surface area contributed by atoms with Gasteiger partial charge in [0.1, 0.15) is 6.61 Å². The van der Waals surface area contributed by atoms with E-state index in [1.807, 2.05) is 23.1 Å². The summed E-state index contributed by atoms with van der Waals surface area (Å²) in [4.78, 5) is 10.6. The molecule has 0 bridgehead atoms. The molecule has 2 aromatic rings. The molecule has 1 aromatic heterocycles. The van der Waals surface area contributed by atoms with E-state index >= 15 is 0 Å². The van der Waals surface area contributed by atoms with Crippen molar-refractivity contribution in [2.45, 2.75) is 25.0 Å². The standard InChI is InChI=1S/C21H30N4O4/c1-27-11-12-29-19-13-17(5-6-18(19)28-2)14-22-15-21(26)7-3-10-25(16-21)20-23-8-4-9-24-20/h4-6,8-9,13,22,26H,3,7,10-12,14-16H2,1-2H3. The largest absolute Gasteiger partial charge is 0.493 e. The van der Waals surface area contributed by atoms with E-state index in [4.69, 9.17) is 14.2 Å². The Hall–Kier alpha value is -2.42. The van der Waals surface area contributed by atoms with Crippen molar-refractivity contribution in [3.05, 3.63) is 42.2 Å². The summed E-state index contributed by atoms with van der Waals surface area (Å²) in [6.45, 7) is 3.45. The Labute approximate surface area is 171 Å². The van der Waals surface area contributed by atoms with E-state index in [9.17, 15) is 5.11 Å². The second kappa shape index (κ2) is 10.4. The van der Waals surface area contributed by atoms with Gasteiger partial charge in [-0.15, -0.1) is 0 Å². The fourth-order valence-electron chi connectivity index (χ4n) is 3.50. The molecule has 0 saturated carbocycles. The molecule has 0 amide bonds. The van der Waals surface area contributed by atoms with Crippen LogP contribution in [0, 0.1) is 0 Å². The van der Waals surface area contributed by atoms with Crippen LogP contribution < -0.4 is 19.7 Å². The van der Waals surface area contributed by atoms with Crippen molar-refractivity contribution in [3.63, 3.8) is 0 Å². The molecule has 2 heterocycles. The lowest BCUT2D eigenvalue weighted by atomic mass is 9.93. The summed E-state index contributed by atoms with van der Waals surface area (Å²) in [5, 5.41) is 14.4. The van der Waals surface area contributed by atoms with Crippen LogP contribution in [0.2, 0.25) is 0 Å². The molecule has 1 fully saturated rings. The second-order valence-corrected chi connectivity index (χ2v) is 7.23. The van der Waals surface area contributed by atoms with Gasteiger partial charge in [-0.05, 0) is 36.6 Å². The SMILES string of the molecule is COCCOc1cc(CNCC2(O)CCCN(c3ncccn3)C2)ccc1OC. The number of aliphatic hydroxyl groups is 1. The minimum Gasteiger partial charge on any atom is -0.493 e. The Morgan fingerprint density at radius 3 is 2.76 bits per heavy atom. The summed E-state index contributed by atoms with van der Waals surface area (Å²) >= 11 is 0. The molecule has 158 valence electrons. The Balaban J connectivity index is 1.55. The van der Waals surface area contributed by atoms with Gasteiger partial charge in [0.05, 0.1) is 25.9 Å². The molecular weight excluding hydrogens is 372 g/mol. The number of nitrogens with zero attached hydrogens (tertiary/aromatic N) is 3. The topological polar surface area (TPSA) is 89.0 Å². The van der Waals surface area contributed by atoms with Gasteiger partial charge in [0, 0.05) is 39.1 Å². The van der Waals surface area contributed by atoms with Crippen LogP contribution in [0.25, 0.3) is 0 Å². The molecule has 2 N–H and O–H groups in total. The van der Waals surface area contributed by atoms with Gasteiger partial charge in [0.25, 0.3) is 0 Å². The maximum Gasteiger partial charge on any atom is 0.225 e. The predicted octanol–water partition coefficient (Wildman–Crippen LogP) is 1.63. The number of hydrogen-bond donors (Lipinski definition) is 2. The van der Waals surface area contributed by atoms with Gasteiger partial charge in [-0.3, -0.25) is 0 Å². The van der Waals surface area contributed by atoms with Gasteiger partial charge in [-0.25, -0.2) is 9.97 Å². The molecule has 1 unspecified atom stereocenters. The molecule has 1 saturated heterocycles. The molecule has 29 heavy (non-hydrogen) atoms. The number of β-amino-alcohol motifs (C(OH)–C–C–N with tert-alkyl or cyclic N) is 1. The molecule has 0 radical (unpaired) electrons. The van der Waals surface area contributed by atoms with Gasteiger partial charge in [0.15, 0.2) is 11.5 Å². The van der Waals surface area contributed by atoms with Crippen LogP contribution in [0.4, 0.5) is 5.95 Å². The maximum atomic E-state index is 11.0. The molecular formula is C21H30N4O4. The van der Waals surface area contributed by atoms with Gasteiger partial charge in [-0.1, -0.05) is 6.07 Å². The Bertz CT molecular complexity index is 762. The Morgan fingerprint density at radius 2 is 2.00 bits per heavy atom. The van der Waals surface area contributed by atoms with E-state index in [0.717, 1.165) is 24.9 Å². The highest BCUT2D eigenvalue weighted by Crippen LogP contribution is 2.28. The minimum atomic E-state index is -0.818. The van der Waals surface area contributed by atoms with Crippen molar-refractivity contribution < 1.29 is 19.3 Å². The van der Waals surface area contributed by atoms with E-state index in [2.05, 4.69) is 15.3 Å². The minimum absolute atomic E-state index is 0.459. The number of methoxy groups -OCH3 is 2. The summed E-state index contributed by atoms with van der Waals surface area (Å²) < 4.78 is 16.1. The molecule has 8 heteroatoms. The van der Waals surface area contributed by atoms with Gasteiger partial charge >= 0.3 is 0 Å². The highest BCUT2D eigenvalue weighted by molar-refractivity contribution is 5.43. The predicted molar refractivity (Wildman–Crippen MR) is 111 cm³/mol. The van der Waals surface area contributed by atoms with Crippen LogP contribution in [0.1, 0.15) is 18.4 Å². The number of nitrogens with one attached hydrogen (secondary N) is 1.